The molecule has 0 amide bonds. The summed E-state index contributed by atoms with van der Waals surface area (Å²) in [5, 5.41) is 12.0. The van der Waals surface area contributed by atoms with Crippen LogP contribution in [-0.4, -0.2) is 32.9 Å². The maximum atomic E-state index is 12.3. The van der Waals surface area contributed by atoms with Gasteiger partial charge < -0.3 is 15.0 Å². The highest BCUT2D eigenvalue weighted by Gasteiger charge is 2.09. The van der Waals surface area contributed by atoms with Crippen molar-refractivity contribution in [2.24, 2.45) is 0 Å². The van der Waals surface area contributed by atoms with Gasteiger partial charge in [-0.25, -0.2) is 4.98 Å². The number of hydrogen-bond acceptors (Lipinski definition) is 4. The van der Waals surface area contributed by atoms with E-state index in [0.717, 1.165) is 5.69 Å². The number of nitrogens with one attached hydrogen (secondary N) is 1. The maximum absolute atomic E-state index is 12.3. The van der Waals surface area contributed by atoms with E-state index in [2.05, 4.69) is 10.3 Å². The number of pyridine rings is 1. The Bertz CT molecular complexity index is 600. The molecule has 0 atom stereocenters. The molecule has 0 saturated heterocycles. The topological polar surface area (TPSA) is 72.1 Å². The van der Waals surface area contributed by atoms with Crippen LogP contribution in [0.25, 0.3) is 5.69 Å². The van der Waals surface area contributed by atoms with Crippen LogP contribution in [0.1, 0.15) is 5.69 Å². The average Bonchev–Trinajstić information content (AvgIpc) is 2.78. The summed E-state index contributed by atoms with van der Waals surface area (Å²) in [5.74, 6) is 0.676. The molecule has 2 aromatic rings. The third-order valence-corrected chi connectivity index (χ3v) is 2.72. The number of hydrogen-bond donors (Lipinski definition) is 2. The highest BCUT2D eigenvalue weighted by Crippen LogP contribution is 2.09. The predicted octanol–water partition coefficient (Wildman–Crippen LogP) is 0.376. The van der Waals surface area contributed by atoms with Gasteiger partial charge in [0.25, 0.3) is 5.56 Å². The third-order valence-electron chi connectivity index (χ3n) is 2.72. The molecule has 6 nitrogen and oxygen atoms in total. The molecule has 2 N–H and O–H groups in total. The van der Waals surface area contributed by atoms with Gasteiger partial charge in [-0.05, 0) is 19.1 Å². The van der Waals surface area contributed by atoms with Crippen molar-refractivity contribution in [1.29, 1.82) is 0 Å². The molecule has 0 spiro atoms. The van der Waals surface area contributed by atoms with Crippen LogP contribution in [0.15, 0.2) is 29.5 Å². The first-order chi connectivity index (χ1) is 8.67. The van der Waals surface area contributed by atoms with Crippen LogP contribution in [0.2, 0.25) is 0 Å². The Morgan fingerprint density at radius 1 is 1.44 bits per heavy atom. The number of nitrogens with zero attached hydrogens (tertiary/aromatic N) is 3. The Kier molecular flexibility index (Phi) is 3.47. The largest absolute Gasteiger partial charge is 0.395 e. The zero-order valence-electron chi connectivity index (χ0n) is 10.4. The lowest BCUT2D eigenvalue weighted by molar-refractivity contribution is 0.275. The quantitative estimate of drug-likeness (QED) is 0.820. The average molecular weight is 248 g/mol. The lowest BCUT2D eigenvalue weighted by Gasteiger charge is -2.13. The van der Waals surface area contributed by atoms with Crippen LogP contribution in [0.4, 0.5) is 5.82 Å². The Labute approximate surface area is 105 Å². The minimum absolute atomic E-state index is 0.0823. The van der Waals surface area contributed by atoms with E-state index in [0.29, 0.717) is 11.5 Å². The Morgan fingerprint density at radius 3 is 2.78 bits per heavy atom. The van der Waals surface area contributed by atoms with Gasteiger partial charge in [0, 0.05) is 13.2 Å². The molecule has 0 radical (unpaired) electrons. The zero-order chi connectivity index (χ0) is 13.1. The molecule has 0 aliphatic heterocycles. The van der Waals surface area contributed by atoms with Crippen LogP contribution >= 0.6 is 0 Å². The van der Waals surface area contributed by atoms with Gasteiger partial charge in [0.2, 0.25) is 0 Å². The summed E-state index contributed by atoms with van der Waals surface area (Å²) in [6.45, 7) is 2.04. The summed E-state index contributed by atoms with van der Waals surface area (Å²) in [5.41, 5.74) is 1.21. The number of aromatic nitrogens is 3. The van der Waals surface area contributed by atoms with E-state index in [4.69, 9.17) is 5.11 Å². The number of aliphatic hydroxyl groups is 1. The Balaban J connectivity index is 2.57. The Morgan fingerprint density at radius 2 is 2.22 bits per heavy atom. The second kappa shape index (κ2) is 5.05. The van der Waals surface area contributed by atoms with E-state index in [1.807, 2.05) is 13.0 Å². The fourth-order valence-corrected chi connectivity index (χ4v) is 1.86. The summed E-state index contributed by atoms with van der Waals surface area (Å²) >= 11 is 0. The second-order valence-electron chi connectivity index (χ2n) is 3.96. The monoisotopic (exact) mass is 248 g/mol. The molecule has 2 rings (SSSR count). The summed E-state index contributed by atoms with van der Waals surface area (Å²) in [7, 11) is 1.74. The van der Waals surface area contributed by atoms with Crippen molar-refractivity contribution in [3.05, 3.63) is 40.7 Å². The van der Waals surface area contributed by atoms with E-state index in [9.17, 15) is 4.79 Å². The summed E-state index contributed by atoms with van der Waals surface area (Å²) in [6.07, 6.45) is 3.40. The van der Waals surface area contributed by atoms with Gasteiger partial charge in [-0.2, -0.15) is 0 Å². The zero-order valence-corrected chi connectivity index (χ0v) is 10.4. The Hall–Kier alpha value is -2.08. The van der Waals surface area contributed by atoms with E-state index < -0.39 is 0 Å². The lowest BCUT2D eigenvalue weighted by Crippen LogP contribution is -2.27. The van der Waals surface area contributed by atoms with Gasteiger partial charge in [-0.15, -0.1) is 0 Å². The molecule has 0 aromatic carbocycles. The molecule has 6 heteroatoms. The van der Waals surface area contributed by atoms with Crippen LogP contribution in [0.3, 0.4) is 0 Å². The van der Waals surface area contributed by atoms with Crippen LogP contribution in [0, 0.1) is 6.92 Å². The maximum Gasteiger partial charge on any atom is 0.276 e. The van der Waals surface area contributed by atoms with Crippen molar-refractivity contribution in [3.63, 3.8) is 0 Å². The van der Waals surface area contributed by atoms with Gasteiger partial charge >= 0.3 is 0 Å². The van der Waals surface area contributed by atoms with E-state index in [1.165, 1.54) is 4.57 Å². The summed E-state index contributed by atoms with van der Waals surface area (Å²) in [4.78, 5) is 16.4. The molecule has 0 unspecified atom stereocenters. The molecule has 2 aromatic heterocycles. The van der Waals surface area contributed by atoms with E-state index >= 15 is 0 Å². The third kappa shape index (κ3) is 2.14. The summed E-state index contributed by atoms with van der Waals surface area (Å²) < 4.78 is 3.19. The van der Waals surface area contributed by atoms with Crippen molar-refractivity contribution < 1.29 is 5.11 Å². The number of aliphatic hydroxyl groups excluding tert-OH is 1. The SMILES string of the molecule is CNc1ccc(-n2cnc(C)c2)c(=O)n1CCO. The van der Waals surface area contributed by atoms with Crippen molar-refractivity contribution in [1.82, 2.24) is 14.1 Å². The number of aryl methyl sites for hydroxylation is 1. The first-order valence-corrected chi connectivity index (χ1v) is 5.70. The van der Waals surface area contributed by atoms with Gasteiger partial charge in [0.05, 0.1) is 25.2 Å². The minimum atomic E-state index is -0.159. The summed E-state index contributed by atoms with van der Waals surface area (Å²) in [6, 6.07) is 3.55. The molecule has 18 heavy (non-hydrogen) atoms. The molecule has 0 fully saturated rings. The predicted molar refractivity (Wildman–Crippen MR) is 69.2 cm³/mol. The van der Waals surface area contributed by atoms with Crippen molar-refractivity contribution in [3.8, 4) is 5.69 Å². The van der Waals surface area contributed by atoms with Crippen molar-refractivity contribution in [2.45, 2.75) is 13.5 Å². The van der Waals surface area contributed by atoms with E-state index in [-0.39, 0.29) is 18.7 Å². The molecule has 96 valence electrons. The molecule has 0 aliphatic rings. The number of imidazole rings is 1. The highest BCUT2D eigenvalue weighted by molar-refractivity contribution is 5.42. The normalized spacial score (nSPS) is 10.6. The second-order valence-corrected chi connectivity index (χ2v) is 3.96. The lowest BCUT2D eigenvalue weighted by atomic mass is 10.3. The van der Waals surface area contributed by atoms with Crippen molar-refractivity contribution >= 4 is 5.82 Å². The van der Waals surface area contributed by atoms with Crippen LogP contribution in [0.5, 0.6) is 0 Å². The first kappa shape index (κ1) is 12.4. The van der Waals surface area contributed by atoms with Gasteiger partial charge in [-0.1, -0.05) is 0 Å². The minimum Gasteiger partial charge on any atom is -0.395 e. The van der Waals surface area contributed by atoms with Gasteiger partial charge in [0.1, 0.15) is 11.5 Å². The molecule has 0 bridgehead atoms. The molecular formula is C12H16N4O2. The fraction of sp³-hybridized carbons (Fsp3) is 0.333. The van der Waals surface area contributed by atoms with Crippen molar-refractivity contribution in [2.75, 3.05) is 19.0 Å². The van der Waals surface area contributed by atoms with Gasteiger partial charge in [-0.3, -0.25) is 9.36 Å². The van der Waals surface area contributed by atoms with E-state index in [1.54, 1.807) is 30.2 Å². The standard InChI is InChI=1S/C12H16N4O2/c1-9-7-15(8-14-9)10-3-4-11(13-2)16(5-6-17)12(10)18/h3-4,7-8,13,17H,5-6H2,1-2H3. The molecule has 0 saturated carbocycles. The first-order valence-electron chi connectivity index (χ1n) is 5.70. The molecule has 0 aliphatic carbocycles. The van der Waals surface area contributed by atoms with Crippen LogP contribution < -0.4 is 10.9 Å². The number of anilines is 1. The van der Waals surface area contributed by atoms with Gasteiger partial charge in [0.15, 0.2) is 0 Å². The fourth-order valence-electron chi connectivity index (χ4n) is 1.86. The highest BCUT2D eigenvalue weighted by atomic mass is 16.3. The smallest absolute Gasteiger partial charge is 0.276 e. The number of rotatable bonds is 4. The molecule has 2 heterocycles. The molecular weight excluding hydrogens is 232 g/mol. The van der Waals surface area contributed by atoms with Crippen LogP contribution in [-0.2, 0) is 6.54 Å².